The van der Waals surface area contributed by atoms with Crippen molar-refractivity contribution in [3.05, 3.63) is 52.4 Å². The van der Waals surface area contributed by atoms with Crippen LogP contribution in [-0.2, 0) is 17.8 Å². The van der Waals surface area contributed by atoms with Crippen LogP contribution in [0.3, 0.4) is 0 Å². The molecule has 0 bridgehead atoms. The molecule has 1 aromatic carbocycles. The van der Waals surface area contributed by atoms with E-state index in [1.54, 1.807) is 11.8 Å². The maximum atomic E-state index is 11.6. The molecule has 0 saturated heterocycles. The average molecular weight is 473 g/mol. The summed E-state index contributed by atoms with van der Waals surface area (Å²) in [6.45, 7) is 5.37. The number of fused-ring (bicyclic) bond motifs is 3. The minimum absolute atomic E-state index is 0.0403. The first-order valence-corrected chi connectivity index (χ1v) is 11.7. The van der Waals surface area contributed by atoms with Gasteiger partial charge in [0.25, 0.3) is 0 Å². The van der Waals surface area contributed by atoms with Gasteiger partial charge in [-0.15, -0.1) is 0 Å². The van der Waals surface area contributed by atoms with Crippen LogP contribution in [0.25, 0.3) is 10.9 Å². The van der Waals surface area contributed by atoms with E-state index in [1.165, 1.54) is 21.5 Å². The molecule has 0 amide bonds. The van der Waals surface area contributed by atoms with E-state index >= 15 is 0 Å². The topological polar surface area (TPSA) is 55.1 Å². The Balaban J connectivity index is 1.93. The van der Waals surface area contributed by atoms with Gasteiger partial charge in [0.2, 0.25) is 0 Å². The third-order valence-corrected chi connectivity index (χ3v) is 7.08. The number of aryl methyl sites for hydroxylation is 1. The third kappa shape index (κ3) is 4.24. The number of halogens is 1. The summed E-state index contributed by atoms with van der Waals surface area (Å²) in [5, 5.41) is 10.7. The van der Waals surface area contributed by atoms with Gasteiger partial charge in [-0.2, -0.15) is 0 Å². The quantitative estimate of drug-likeness (QED) is 0.444. The number of rotatable bonds is 6. The molecule has 0 aliphatic carbocycles. The molecular weight excluding hydrogens is 448 g/mol. The minimum atomic E-state index is -0.728. The Hall–Kier alpha value is -1.79. The highest BCUT2D eigenvalue weighted by Crippen LogP contribution is 2.46. The van der Waals surface area contributed by atoms with Gasteiger partial charge in [-0.05, 0) is 55.5 Å². The van der Waals surface area contributed by atoms with Crippen LogP contribution in [0.1, 0.15) is 50.4 Å². The molecule has 1 atom stereocenters. The molecule has 1 unspecified atom stereocenters. The van der Waals surface area contributed by atoms with Crippen LogP contribution in [0.4, 0.5) is 0 Å². The van der Waals surface area contributed by atoms with Crippen molar-refractivity contribution in [2.75, 3.05) is 0 Å². The molecule has 1 aliphatic rings. The van der Waals surface area contributed by atoms with Crippen LogP contribution in [0, 0.1) is 5.92 Å². The molecule has 0 radical (unpaired) electrons. The van der Waals surface area contributed by atoms with Gasteiger partial charge in [0.1, 0.15) is 0 Å². The first-order valence-electron chi connectivity index (χ1n) is 10.1. The van der Waals surface area contributed by atoms with Crippen molar-refractivity contribution in [2.24, 2.45) is 5.92 Å². The van der Waals surface area contributed by atoms with Gasteiger partial charge >= 0.3 is 5.97 Å². The first kappa shape index (κ1) is 20.5. The second kappa shape index (κ2) is 8.52. The molecule has 4 rings (SSSR count). The Morgan fingerprint density at radius 2 is 2.07 bits per heavy atom. The lowest BCUT2D eigenvalue weighted by Gasteiger charge is -2.25. The summed E-state index contributed by atoms with van der Waals surface area (Å²) in [6.07, 6.45) is 4.93. The normalized spacial score (nSPS) is 16.3. The van der Waals surface area contributed by atoms with Crippen molar-refractivity contribution in [3.8, 4) is 0 Å². The van der Waals surface area contributed by atoms with Gasteiger partial charge in [0.15, 0.2) is 0 Å². The number of hydrogen-bond donors (Lipinski definition) is 1. The van der Waals surface area contributed by atoms with E-state index in [0.29, 0.717) is 5.92 Å². The molecule has 0 spiro atoms. The predicted octanol–water partition coefficient (Wildman–Crippen LogP) is 6.50. The lowest BCUT2D eigenvalue weighted by molar-refractivity contribution is -0.137. The molecule has 29 heavy (non-hydrogen) atoms. The van der Waals surface area contributed by atoms with E-state index in [4.69, 9.17) is 4.98 Å². The Labute approximate surface area is 183 Å². The SMILES string of the molecule is CC(C)Cc1nccc2c1c(Sc1ccc(Br)cc1)c1n2CCCC1CC(=O)O. The second-order valence-electron chi connectivity index (χ2n) is 8.11. The molecule has 1 aliphatic heterocycles. The Morgan fingerprint density at radius 3 is 2.76 bits per heavy atom. The van der Waals surface area contributed by atoms with E-state index < -0.39 is 5.97 Å². The highest BCUT2D eigenvalue weighted by molar-refractivity contribution is 9.10. The van der Waals surface area contributed by atoms with Crippen LogP contribution >= 0.6 is 27.7 Å². The average Bonchev–Trinajstić information content (AvgIpc) is 2.99. The maximum absolute atomic E-state index is 11.6. The van der Waals surface area contributed by atoms with Crippen LogP contribution in [0.2, 0.25) is 0 Å². The molecule has 4 nitrogen and oxygen atoms in total. The number of nitrogens with zero attached hydrogens (tertiary/aromatic N) is 2. The van der Waals surface area contributed by atoms with E-state index in [1.807, 2.05) is 6.20 Å². The number of benzene rings is 1. The summed E-state index contributed by atoms with van der Waals surface area (Å²) >= 11 is 5.25. The predicted molar refractivity (Wildman–Crippen MR) is 121 cm³/mol. The van der Waals surface area contributed by atoms with E-state index in [9.17, 15) is 9.90 Å². The molecule has 152 valence electrons. The van der Waals surface area contributed by atoms with Gasteiger partial charge < -0.3 is 9.67 Å². The largest absolute Gasteiger partial charge is 0.481 e. The zero-order valence-corrected chi connectivity index (χ0v) is 19.1. The van der Waals surface area contributed by atoms with Crippen LogP contribution < -0.4 is 0 Å². The van der Waals surface area contributed by atoms with E-state index in [0.717, 1.165) is 40.9 Å². The summed E-state index contributed by atoms with van der Waals surface area (Å²) in [5.74, 6) is -0.183. The Morgan fingerprint density at radius 1 is 1.31 bits per heavy atom. The molecule has 0 fully saturated rings. The summed E-state index contributed by atoms with van der Waals surface area (Å²) in [4.78, 5) is 18.7. The molecule has 2 aromatic heterocycles. The Kier molecular flexibility index (Phi) is 6.02. The molecule has 3 aromatic rings. The summed E-state index contributed by atoms with van der Waals surface area (Å²) in [5.41, 5.74) is 3.49. The lowest BCUT2D eigenvalue weighted by Crippen LogP contribution is -2.18. The summed E-state index contributed by atoms with van der Waals surface area (Å²) in [6, 6.07) is 10.4. The number of carboxylic acids is 1. The lowest BCUT2D eigenvalue weighted by atomic mass is 9.92. The van der Waals surface area contributed by atoms with Crippen molar-refractivity contribution in [3.63, 3.8) is 0 Å². The van der Waals surface area contributed by atoms with Crippen LogP contribution in [-0.4, -0.2) is 20.6 Å². The number of carboxylic acid groups (broad SMARTS) is 1. The highest BCUT2D eigenvalue weighted by Gasteiger charge is 2.30. The van der Waals surface area contributed by atoms with Crippen molar-refractivity contribution in [1.82, 2.24) is 9.55 Å². The second-order valence-corrected chi connectivity index (χ2v) is 10.1. The molecule has 6 heteroatoms. The van der Waals surface area contributed by atoms with Crippen molar-refractivity contribution in [1.29, 1.82) is 0 Å². The summed E-state index contributed by atoms with van der Waals surface area (Å²) in [7, 11) is 0. The monoisotopic (exact) mass is 472 g/mol. The number of carbonyl (C=O) groups is 1. The fourth-order valence-corrected chi connectivity index (χ4v) is 5.78. The number of aliphatic carboxylic acids is 1. The smallest absolute Gasteiger partial charge is 0.304 e. The minimum Gasteiger partial charge on any atom is -0.481 e. The highest BCUT2D eigenvalue weighted by atomic mass is 79.9. The standard InChI is InChI=1S/C23H25BrN2O2S/c1-14(2)12-18-21-19(9-10-25-18)26-11-3-4-15(13-20(27)28)22(26)23(21)29-17-7-5-16(24)6-8-17/h5-10,14-15H,3-4,11-13H2,1-2H3,(H,27,28). The molecule has 0 saturated carbocycles. The van der Waals surface area contributed by atoms with Gasteiger partial charge in [-0.3, -0.25) is 9.78 Å². The molecular formula is C23H25BrN2O2S. The van der Waals surface area contributed by atoms with Crippen molar-refractivity contribution >= 4 is 44.6 Å². The first-order chi connectivity index (χ1) is 13.9. The van der Waals surface area contributed by atoms with Gasteiger partial charge in [0.05, 0.1) is 17.6 Å². The molecule has 1 N–H and O–H groups in total. The van der Waals surface area contributed by atoms with Gasteiger partial charge in [-0.1, -0.05) is 41.5 Å². The number of aromatic nitrogens is 2. The number of pyridine rings is 1. The van der Waals surface area contributed by atoms with Crippen molar-refractivity contribution < 1.29 is 9.90 Å². The summed E-state index contributed by atoms with van der Waals surface area (Å²) < 4.78 is 3.41. The third-order valence-electron chi connectivity index (χ3n) is 5.43. The molecule has 3 heterocycles. The van der Waals surface area contributed by atoms with Crippen molar-refractivity contribution in [2.45, 2.75) is 61.8 Å². The Bertz CT molecular complexity index is 1040. The fourth-order valence-electron chi connectivity index (χ4n) is 4.30. The van der Waals surface area contributed by atoms with Gasteiger partial charge in [-0.25, -0.2) is 0 Å². The van der Waals surface area contributed by atoms with E-state index in [-0.39, 0.29) is 12.3 Å². The fraction of sp³-hybridized carbons (Fsp3) is 0.391. The van der Waals surface area contributed by atoms with Crippen LogP contribution in [0.5, 0.6) is 0 Å². The number of hydrogen-bond acceptors (Lipinski definition) is 3. The zero-order chi connectivity index (χ0) is 20.5. The zero-order valence-electron chi connectivity index (χ0n) is 16.7. The van der Waals surface area contributed by atoms with E-state index in [2.05, 4.69) is 64.7 Å². The maximum Gasteiger partial charge on any atom is 0.304 e. The van der Waals surface area contributed by atoms with Gasteiger partial charge in [0, 0.05) is 44.0 Å². The van der Waals surface area contributed by atoms with Crippen LogP contribution in [0.15, 0.2) is 50.8 Å².